The number of hydrogen-bond acceptors (Lipinski definition) is 2. The second-order valence-corrected chi connectivity index (χ2v) is 3.10. The van der Waals surface area contributed by atoms with Gasteiger partial charge < -0.3 is 10.1 Å². The maximum atomic E-state index is 5.38. The van der Waals surface area contributed by atoms with E-state index in [4.69, 9.17) is 4.74 Å². The molecular weight excluding hydrogens is 150 g/mol. The van der Waals surface area contributed by atoms with Gasteiger partial charge in [0.25, 0.3) is 0 Å². The summed E-state index contributed by atoms with van der Waals surface area (Å²) in [5.41, 5.74) is 0. The van der Waals surface area contributed by atoms with E-state index in [9.17, 15) is 0 Å². The van der Waals surface area contributed by atoms with Crippen molar-refractivity contribution in [3.8, 4) is 0 Å². The molecule has 0 amide bonds. The van der Waals surface area contributed by atoms with Crippen LogP contribution in [0, 0.1) is 0 Å². The first-order chi connectivity index (χ1) is 5.85. The fraction of sp³-hybridized carbons (Fsp3) is 1.00. The second-order valence-electron chi connectivity index (χ2n) is 3.10. The molecule has 0 saturated heterocycles. The number of hydrogen-bond donors (Lipinski definition) is 1. The molecule has 2 nitrogen and oxygen atoms in total. The van der Waals surface area contributed by atoms with Gasteiger partial charge in [-0.3, -0.25) is 0 Å². The standard InChI is InChI=1S/C10H23NO/c1-4-7-10(9-12-6-3)11-8-5-2/h10-11H,4-9H2,1-3H3. The fourth-order valence-electron chi connectivity index (χ4n) is 1.20. The van der Waals surface area contributed by atoms with E-state index in [1.807, 2.05) is 6.92 Å². The monoisotopic (exact) mass is 173 g/mol. The molecule has 1 N–H and O–H groups in total. The molecule has 0 aliphatic rings. The van der Waals surface area contributed by atoms with E-state index in [0.717, 1.165) is 19.8 Å². The van der Waals surface area contributed by atoms with Crippen LogP contribution in [0.15, 0.2) is 0 Å². The Bertz CT molecular complexity index is 77.9. The van der Waals surface area contributed by atoms with Gasteiger partial charge in [-0.05, 0) is 26.3 Å². The Morgan fingerprint density at radius 1 is 1.17 bits per heavy atom. The van der Waals surface area contributed by atoms with Crippen molar-refractivity contribution in [3.05, 3.63) is 0 Å². The predicted octanol–water partition coefficient (Wildman–Crippen LogP) is 2.19. The summed E-state index contributed by atoms with van der Waals surface area (Å²) >= 11 is 0. The van der Waals surface area contributed by atoms with E-state index in [0.29, 0.717) is 6.04 Å². The van der Waals surface area contributed by atoms with Crippen LogP contribution >= 0.6 is 0 Å². The van der Waals surface area contributed by atoms with Crippen LogP contribution < -0.4 is 5.32 Å². The molecule has 0 rings (SSSR count). The van der Waals surface area contributed by atoms with Crippen molar-refractivity contribution in [1.29, 1.82) is 0 Å². The molecule has 0 aliphatic carbocycles. The van der Waals surface area contributed by atoms with Crippen molar-refractivity contribution in [2.45, 2.75) is 46.1 Å². The highest BCUT2D eigenvalue weighted by molar-refractivity contribution is 4.64. The lowest BCUT2D eigenvalue weighted by atomic mass is 10.2. The third-order valence-corrected chi connectivity index (χ3v) is 1.84. The van der Waals surface area contributed by atoms with Gasteiger partial charge in [0.1, 0.15) is 0 Å². The normalized spacial score (nSPS) is 13.2. The molecule has 1 atom stereocenters. The van der Waals surface area contributed by atoms with Crippen LogP contribution in [0.25, 0.3) is 0 Å². The Hall–Kier alpha value is -0.0800. The Balaban J connectivity index is 3.40. The zero-order chi connectivity index (χ0) is 9.23. The third kappa shape index (κ3) is 6.62. The largest absolute Gasteiger partial charge is 0.380 e. The maximum absolute atomic E-state index is 5.38. The lowest BCUT2D eigenvalue weighted by molar-refractivity contribution is 0.120. The summed E-state index contributed by atoms with van der Waals surface area (Å²) in [7, 11) is 0. The summed E-state index contributed by atoms with van der Waals surface area (Å²) in [6.07, 6.45) is 3.65. The summed E-state index contributed by atoms with van der Waals surface area (Å²) in [4.78, 5) is 0. The molecule has 74 valence electrons. The van der Waals surface area contributed by atoms with E-state index in [1.54, 1.807) is 0 Å². The zero-order valence-electron chi connectivity index (χ0n) is 8.73. The highest BCUT2D eigenvalue weighted by atomic mass is 16.5. The van der Waals surface area contributed by atoms with Gasteiger partial charge in [0.2, 0.25) is 0 Å². The summed E-state index contributed by atoms with van der Waals surface area (Å²) in [5, 5.41) is 3.48. The van der Waals surface area contributed by atoms with Gasteiger partial charge in [-0.25, -0.2) is 0 Å². The molecule has 2 heteroatoms. The van der Waals surface area contributed by atoms with Gasteiger partial charge in [-0.15, -0.1) is 0 Å². The smallest absolute Gasteiger partial charge is 0.0619 e. The van der Waals surface area contributed by atoms with Gasteiger partial charge in [-0.2, -0.15) is 0 Å². The van der Waals surface area contributed by atoms with Gasteiger partial charge in [0.05, 0.1) is 6.61 Å². The molecule has 0 fully saturated rings. The van der Waals surface area contributed by atoms with Crippen LogP contribution in [-0.4, -0.2) is 25.8 Å². The fourth-order valence-corrected chi connectivity index (χ4v) is 1.20. The van der Waals surface area contributed by atoms with Gasteiger partial charge in [0.15, 0.2) is 0 Å². The Labute approximate surface area is 76.7 Å². The lowest BCUT2D eigenvalue weighted by Gasteiger charge is -2.17. The molecule has 0 aromatic carbocycles. The van der Waals surface area contributed by atoms with Crippen molar-refractivity contribution >= 4 is 0 Å². The molecule has 0 aromatic rings. The third-order valence-electron chi connectivity index (χ3n) is 1.84. The highest BCUT2D eigenvalue weighted by Gasteiger charge is 2.04. The minimum atomic E-state index is 0.565. The average molecular weight is 173 g/mol. The van der Waals surface area contributed by atoms with Crippen LogP contribution in [-0.2, 0) is 4.74 Å². The van der Waals surface area contributed by atoms with E-state index in [2.05, 4.69) is 19.2 Å². The van der Waals surface area contributed by atoms with Gasteiger partial charge in [-0.1, -0.05) is 20.3 Å². The van der Waals surface area contributed by atoms with Crippen LogP contribution in [0.4, 0.5) is 0 Å². The molecule has 0 aliphatic heterocycles. The van der Waals surface area contributed by atoms with Crippen molar-refractivity contribution in [1.82, 2.24) is 5.32 Å². The lowest BCUT2D eigenvalue weighted by Crippen LogP contribution is -2.33. The zero-order valence-corrected chi connectivity index (χ0v) is 8.73. The average Bonchev–Trinajstić information content (AvgIpc) is 2.10. The summed E-state index contributed by atoms with van der Waals surface area (Å²) in [5.74, 6) is 0. The van der Waals surface area contributed by atoms with Crippen LogP contribution in [0.1, 0.15) is 40.0 Å². The predicted molar refractivity (Wildman–Crippen MR) is 53.5 cm³/mol. The van der Waals surface area contributed by atoms with Crippen LogP contribution in [0.3, 0.4) is 0 Å². The molecular formula is C10H23NO. The molecule has 1 unspecified atom stereocenters. The first-order valence-electron chi connectivity index (χ1n) is 5.16. The minimum absolute atomic E-state index is 0.565. The van der Waals surface area contributed by atoms with E-state index < -0.39 is 0 Å². The van der Waals surface area contributed by atoms with Crippen molar-refractivity contribution in [2.24, 2.45) is 0 Å². The molecule has 0 saturated carbocycles. The molecule has 0 heterocycles. The van der Waals surface area contributed by atoms with E-state index in [1.165, 1.54) is 19.3 Å². The number of ether oxygens (including phenoxy) is 1. The van der Waals surface area contributed by atoms with Crippen molar-refractivity contribution in [2.75, 3.05) is 19.8 Å². The quantitative estimate of drug-likeness (QED) is 0.607. The Morgan fingerprint density at radius 3 is 2.42 bits per heavy atom. The van der Waals surface area contributed by atoms with E-state index >= 15 is 0 Å². The molecule has 0 aromatic heterocycles. The van der Waals surface area contributed by atoms with Crippen LogP contribution in [0.5, 0.6) is 0 Å². The SMILES string of the molecule is CCCNC(CCC)COCC. The molecule has 0 radical (unpaired) electrons. The Morgan fingerprint density at radius 2 is 1.92 bits per heavy atom. The number of nitrogens with one attached hydrogen (secondary N) is 1. The Kier molecular flexibility index (Phi) is 8.95. The van der Waals surface area contributed by atoms with Crippen molar-refractivity contribution in [3.63, 3.8) is 0 Å². The first-order valence-corrected chi connectivity index (χ1v) is 5.16. The molecule has 12 heavy (non-hydrogen) atoms. The van der Waals surface area contributed by atoms with Gasteiger partial charge in [0, 0.05) is 12.6 Å². The topological polar surface area (TPSA) is 21.3 Å². The van der Waals surface area contributed by atoms with Gasteiger partial charge >= 0.3 is 0 Å². The molecule has 0 spiro atoms. The maximum Gasteiger partial charge on any atom is 0.0619 e. The first kappa shape index (κ1) is 11.9. The van der Waals surface area contributed by atoms with Crippen molar-refractivity contribution < 1.29 is 4.74 Å². The second kappa shape index (κ2) is 9.01. The summed E-state index contributed by atoms with van der Waals surface area (Å²) in [6, 6.07) is 0.565. The van der Waals surface area contributed by atoms with E-state index in [-0.39, 0.29) is 0 Å². The summed E-state index contributed by atoms with van der Waals surface area (Å²) in [6.45, 7) is 9.25. The summed E-state index contributed by atoms with van der Waals surface area (Å²) < 4.78 is 5.38. The number of rotatable bonds is 8. The minimum Gasteiger partial charge on any atom is -0.380 e. The van der Waals surface area contributed by atoms with Crippen LogP contribution in [0.2, 0.25) is 0 Å². The molecule has 0 bridgehead atoms. The highest BCUT2D eigenvalue weighted by Crippen LogP contribution is 1.97.